The molecule has 1 fully saturated rings. The monoisotopic (exact) mass is 345 g/mol. The lowest BCUT2D eigenvalue weighted by atomic mass is 9.79. The van der Waals surface area contributed by atoms with Gasteiger partial charge in [0.25, 0.3) is 0 Å². The van der Waals surface area contributed by atoms with Crippen LogP contribution in [0.2, 0.25) is 0 Å². The molecule has 4 nitrogen and oxygen atoms in total. The molecule has 1 aromatic rings. The van der Waals surface area contributed by atoms with Crippen molar-refractivity contribution in [3.63, 3.8) is 0 Å². The SMILES string of the molecule is CCCCC1CCC(C(=O)NCC(O)c2ccc3c(c2)CCO3)CC1. The highest BCUT2D eigenvalue weighted by Crippen LogP contribution is 2.32. The van der Waals surface area contributed by atoms with E-state index in [9.17, 15) is 9.90 Å². The first-order valence-corrected chi connectivity index (χ1v) is 9.88. The van der Waals surface area contributed by atoms with Crippen LogP contribution in [0.4, 0.5) is 0 Å². The molecule has 0 aromatic heterocycles. The zero-order valence-corrected chi connectivity index (χ0v) is 15.3. The minimum atomic E-state index is -0.657. The van der Waals surface area contributed by atoms with E-state index < -0.39 is 6.10 Å². The van der Waals surface area contributed by atoms with Gasteiger partial charge in [0.05, 0.1) is 12.7 Å². The Morgan fingerprint density at radius 1 is 1.32 bits per heavy atom. The van der Waals surface area contributed by atoms with Gasteiger partial charge in [0.2, 0.25) is 5.91 Å². The number of aliphatic hydroxyl groups excluding tert-OH is 1. The fourth-order valence-corrected chi connectivity index (χ4v) is 4.08. The number of rotatable bonds is 7. The molecule has 1 atom stereocenters. The van der Waals surface area contributed by atoms with Gasteiger partial charge in [0.15, 0.2) is 0 Å². The minimum absolute atomic E-state index is 0.109. The first-order chi connectivity index (χ1) is 12.2. The quantitative estimate of drug-likeness (QED) is 0.791. The molecule has 2 aliphatic rings. The highest BCUT2D eigenvalue weighted by Gasteiger charge is 2.26. The van der Waals surface area contributed by atoms with E-state index in [2.05, 4.69) is 12.2 Å². The van der Waals surface area contributed by atoms with Gasteiger partial charge in [-0.3, -0.25) is 4.79 Å². The maximum absolute atomic E-state index is 12.4. The van der Waals surface area contributed by atoms with Crippen LogP contribution >= 0.6 is 0 Å². The van der Waals surface area contributed by atoms with Crippen LogP contribution in [0, 0.1) is 11.8 Å². The maximum Gasteiger partial charge on any atom is 0.223 e. The molecular formula is C21H31NO3. The van der Waals surface area contributed by atoms with Gasteiger partial charge >= 0.3 is 0 Å². The molecule has 3 rings (SSSR count). The third kappa shape index (κ3) is 4.75. The lowest BCUT2D eigenvalue weighted by molar-refractivity contribution is -0.126. The highest BCUT2D eigenvalue weighted by molar-refractivity contribution is 5.78. The molecular weight excluding hydrogens is 314 g/mol. The predicted octanol–water partition coefficient (Wildman–Crippen LogP) is 3.77. The van der Waals surface area contributed by atoms with Crippen molar-refractivity contribution in [2.24, 2.45) is 11.8 Å². The number of nitrogens with one attached hydrogen (secondary N) is 1. The van der Waals surface area contributed by atoms with E-state index in [1.54, 1.807) is 0 Å². The third-order valence-corrected chi connectivity index (χ3v) is 5.75. The van der Waals surface area contributed by atoms with E-state index in [0.717, 1.165) is 42.1 Å². The van der Waals surface area contributed by atoms with Crippen molar-refractivity contribution in [2.75, 3.05) is 13.2 Å². The Labute approximate surface area is 151 Å². The van der Waals surface area contributed by atoms with Gasteiger partial charge < -0.3 is 15.2 Å². The summed E-state index contributed by atoms with van der Waals surface area (Å²) in [5.41, 5.74) is 2.00. The van der Waals surface area contributed by atoms with E-state index in [1.165, 1.54) is 32.1 Å². The molecule has 0 saturated heterocycles. The predicted molar refractivity (Wildman–Crippen MR) is 98.6 cm³/mol. The minimum Gasteiger partial charge on any atom is -0.493 e. The summed E-state index contributed by atoms with van der Waals surface area (Å²) in [6, 6.07) is 5.80. The third-order valence-electron chi connectivity index (χ3n) is 5.75. The molecule has 1 aliphatic heterocycles. The molecule has 2 N–H and O–H groups in total. The molecule has 1 aliphatic carbocycles. The van der Waals surface area contributed by atoms with Gasteiger partial charge in [-0.05, 0) is 54.9 Å². The zero-order chi connectivity index (χ0) is 17.6. The molecule has 0 bridgehead atoms. The van der Waals surface area contributed by atoms with Crippen molar-refractivity contribution in [3.8, 4) is 5.75 Å². The second kappa shape index (κ2) is 8.70. The summed E-state index contributed by atoms with van der Waals surface area (Å²) in [5, 5.41) is 13.3. The fraction of sp³-hybridized carbons (Fsp3) is 0.667. The zero-order valence-electron chi connectivity index (χ0n) is 15.3. The van der Waals surface area contributed by atoms with E-state index in [0.29, 0.717) is 6.61 Å². The summed E-state index contributed by atoms with van der Waals surface area (Å²) in [5.74, 6) is 1.96. The van der Waals surface area contributed by atoms with Crippen LogP contribution in [0.5, 0.6) is 5.75 Å². The first-order valence-electron chi connectivity index (χ1n) is 9.88. The number of hydrogen-bond donors (Lipinski definition) is 2. The molecule has 1 amide bonds. The van der Waals surface area contributed by atoms with Crippen LogP contribution in [0.1, 0.15) is 69.1 Å². The molecule has 0 spiro atoms. The molecule has 0 radical (unpaired) electrons. The maximum atomic E-state index is 12.4. The van der Waals surface area contributed by atoms with E-state index in [1.807, 2.05) is 18.2 Å². The fourth-order valence-electron chi connectivity index (χ4n) is 4.08. The number of benzene rings is 1. The summed E-state index contributed by atoms with van der Waals surface area (Å²) in [6.07, 6.45) is 8.44. The smallest absolute Gasteiger partial charge is 0.223 e. The Kier molecular flexibility index (Phi) is 6.35. The molecule has 25 heavy (non-hydrogen) atoms. The standard InChI is InChI=1S/C21H31NO3/c1-2-3-4-15-5-7-16(8-6-15)21(24)22-14-19(23)17-9-10-20-18(13-17)11-12-25-20/h9-10,13,15-16,19,23H,2-8,11-12,14H2,1H3,(H,22,24). The summed E-state index contributed by atoms with van der Waals surface area (Å²) in [4.78, 5) is 12.4. The van der Waals surface area contributed by atoms with Gasteiger partial charge in [-0.15, -0.1) is 0 Å². The molecule has 1 unspecified atom stereocenters. The number of hydrogen-bond acceptors (Lipinski definition) is 3. The average Bonchev–Trinajstić information content (AvgIpc) is 3.12. The largest absolute Gasteiger partial charge is 0.493 e. The summed E-state index contributed by atoms with van der Waals surface area (Å²) >= 11 is 0. The Bertz CT molecular complexity index is 579. The molecule has 1 aromatic carbocycles. The van der Waals surface area contributed by atoms with Crippen LogP contribution in [-0.2, 0) is 11.2 Å². The number of fused-ring (bicyclic) bond motifs is 1. The molecule has 138 valence electrons. The van der Waals surface area contributed by atoms with Gasteiger partial charge in [-0.1, -0.05) is 32.3 Å². The number of carbonyl (C=O) groups is 1. The molecule has 4 heteroatoms. The van der Waals surface area contributed by atoms with Crippen LogP contribution in [-0.4, -0.2) is 24.2 Å². The molecule has 1 saturated carbocycles. The Morgan fingerprint density at radius 2 is 2.12 bits per heavy atom. The van der Waals surface area contributed by atoms with Crippen LogP contribution < -0.4 is 10.1 Å². The number of unbranched alkanes of at least 4 members (excludes halogenated alkanes) is 1. The topological polar surface area (TPSA) is 58.6 Å². The van der Waals surface area contributed by atoms with E-state index in [4.69, 9.17) is 4.74 Å². The van der Waals surface area contributed by atoms with Crippen LogP contribution in [0.15, 0.2) is 18.2 Å². The number of amides is 1. The van der Waals surface area contributed by atoms with Gasteiger partial charge in [-0.2, -0.15) is 0 Å². The summed E-state index contributed by atoms with van der Waals surface area (Å²) in [6.45, 7) is 3.24. The Hall–Kier alpha value is -1.55. The Morgan fingerprint density at radius 3 is 2.88 bits per heavy atom. The lowest BCUT2D eigenvalue weighted by Gasteiger charge is -2.28. The Balaban J connectivity index is 1.43. The normalized spacial score (nSPS) is 23.6. The van der Waals surface area contributed by atoms with Crippen molar-refractivity contribution >= 4 is 5.91 Å². The second-order valence-electron chi connectivity index (χ2n) is 7.59. The van der Waals surface area contributed by atoms with Crippen molar-refractivity contribution in [1.82, 2.24) is 5.32 Å². The van der Waals surface area contributed by atoms with Gasteiger partial charge in [-0.25, -0.2) is 0 Å². The van der Waals surface area contributed by atoms with Crippen LogP contribution in [0.3, 0.4) is 0 Å². The number of aliphatic hydroxyl groups is 1. The van der Waals surface area contributed by atoms with Crippen molar-refractivity contribution < 1.29 is 14.6 Å². The van der Waals surface area contributed by atoms with E-state index in [-0.39, 0.29) is 18.4 Å². The first kappa shape index (κ1) is 18.2. The highest BCUT2D eigenvalue weighted by atomic mass is 16.5. The molecule has 1 heterocycles. The summed E-state index contributed by atoms with van der Waals surface area (Å²) < 4.78 is 5.49. The number of carbonyl (C=O) groups excluding carboxylic acids is 1. The summed E-state index contributed by atoms with van der Waals surface area (Å²) in [7, 11) is 0. The lowest BCUT2D eigenvalue weighted by Crippen LogP contribution is -2.35. The van der Waals surface area contributed by atoms with Gasteiger partial charge in [0.1, 0.15) is 5.75 Å². The van der Waals surface area contributed by atoms with Crippen LogP contribution in [0.25, 0.3) is 0 Å². The second-order valence-corrected chi connectivity index (χ2v) is 7.59. The number of ether oxygens (including phenoxy) is 1. The van der Waals surface area contributed by atoms with Crippen molar-refractivity contribution in [3.05, 3.63) is 29.3 Å². The van der Waals surface area contributed by atoms with Crippen molar-refractivity contribution in [1.29, 1.82) is 0 Å². The average molecular weight is 345 g/mol. The van der Waals surface area contributed by atoms with Gasteiger partial charge in [0, 0.05) is 18.9 Å². The van der Waals surface area contributed by atoms with E-state index >= 15 is 0 Å². The van der Waals surface area contributed by atoms with Crippen molar-refractivity contribution in [2.45, 2.75) is 64.4 Å².